The van der Waals surface area contributed by atoms with Crippen molar-refractivity contribution in [3.63, 3.8) is 0 Å². The van der Waals surface area contributed by atoms with Crippen LogP contribution in [0.1, 0.15) is 62.8 Å². The lowest BCUT2D eigenvalue weighted by molar-refractivity contribution is 0.684. The molecule has 0 heterocycles. The molecule has 0 bridgehead atoms. The van der Waals surface area contributed by atoms with Crippen LogP contribution in [0.3, 0.4) is 0 Å². The maximum atomic E-state index is 2.44. The van der Waals surface area contributed by atoms with Gasteiger partial charge in [0.05, 0.1) is 0 Å². The minimum Gasteiger partial charge on any atom is -0.0847 e. The monoisotopic (exact) mass is 280 g/mol. The summed E-state index contributed by atoms with van der Waals surface area (Å²) >= 11 is 0. The first-order chi connectivity index (χ1) is 10.0. The van der Waals surface area contributed by atoms with Crippen LogP contribution in [-0.4, -0.2) is 0 Å². The summed E-state index contributed by atoms with van der Waals surface area (Å²) < 4.78 is 0. The fourth-order valence-corrected chi connectivity index (χ4v) is 3.00. The molecular formula is C21H28. The van der Waals surface area contributed by atoms with Crippen molar-refractivity contribution in [1.29, 1.82) is 0 Å². The van der Waals surface area contributed by atoms with E-state index in [2.05, 4.69) is 65.0 Å². The second-order valence-corrected chi connectivity index (χ2v) is 6.32. The minimum absolute atomic E-state index is 1.25. The zero-order valence-electron chi connectivity index (χ0n) is 14.2. The molecule has 0 radical (unpaired) electrons. The molecule has 0 unspecified atom stereocenters. The Morgan fingerprint density at radius 2 is 1.57 bits per heavy atom. The number of rotatable bonds is 3. The molecule has 2 rings (SSSR count). The van der Waals surface area contributed by atoms with E-state index in [0.717, 1.165) is 0 Å². The van der Waals surface area contributed by atoms with E-state index < -0.39 is 0 Å². The zero-order valence-corrected chi connectivity index (χ0v) is 14.2. The highest BCUT2D eigenvalue weighted by atomic mass is 14.2. The second-order valence-electron chi connectivity index (χ2n) is 6.32. The van der Waals surface area contributed by atoms with E-state index >= 15 is 0 Å². The van der Waals surface area contributed by atoms with Gasteiger partial charge in [0.1, 0.15) is 0 Å². The third kappa shape index (κ3) is 3.75. The Bertz CT molecular complexity index is 609. The maximum absolute atomic E-state index is 2.44. The fraction of sp³-hybridized carbons (Fsp3) is 0.429. The molecule has 0 fully saturated rings. The second kappa shape index (κ2) is 6.93. The molecule has 1 aliphatic rings. The van der Waals surface area contributed by atoms with E-state index in [1.807, 2.05) is 0 Å². The van der Waals surface area contributed by atoms with Crippen LogP contribution in [0, 0.1) is 6.92 Å². The summed E-state index contributed by atoms with van der Waals surface area (Å²) in [6, 6.07) is 4.86. The van der Waals surface area contributed by atoms with Crippen molar-refractivity contribution in [3.05, 3.63) is 63.8 Å². The molecule has 0 saturated carbocycles. The molecule has 0 heteroatoms. The number of aryl methyl sites for hydroxylation is 3. The molecule has 1 aromatic carbocycles. The van der Waals surface area contributed by atoms with Crippen LogP contribution in [0.4, 0.5) is 0 Å². The standard InChI is InChI=1S/C21H28/c1-6-15(2)11-12-16(3)18(5)21-14-20-10-8-7-9-19(20)13-17(21)4/h6,11-14H,7-10H2,1-5H3/b12-11+,15-6+,18-16-. The van der Waals surface area contributed by atoms with Crippen molar-refractivity contribution < 1.29 is 0 Å². The summed E-state index contributed by atoms with van der Waals surface area (Å²) in [4.78, 5) is 0. The summed E-state index contributed by atoms with van der Waals surface area (Å²) in [5.74, 6) is 0. The Balaban J connectivity index is 2.38. The largest absolute Gasteiger partial charge is 0.0847 e. The highest BCUT2D eigenvalue weighted by Gasteiger charge is 2.13. The van der Waals surface area contributed by atoms with Gasteiger partial charge in [-0.05, 0) is 93.7 Å². The fourth-order valence-electron chi connectivity index (χ4n) is 3.00. The molecular weight excluding hydrogens is 252 g/mol. The first-order valence-corrected chi connectivity index (χ1v) is 8.14. The maximum Gasteiger partial charge on any atom is -0.0192 e. The van der Waals surface area contributed by atoms with Gasteiger partial charge in [-0.3, -0.25) is 0 Å². The first-order valence-electron chi connectivity index (χ1n) is 8.14. The summed E-state index contributed by atoms with van der Waals surface area (Å²) in [6.07, 6.45) is 11.8. The Morgan fingerprint density at radius 3 is 2.19 bits per heavy atom. The normalized spacial score (nSPS) is 16.9. The van der Waals surface area contributed by atoms with Crippen molar-refractivity contribution in [2.24, 2.45) is 0 Å². The highest BCUT2D eigenvalue weighted by Crippen LogP contribution is 2.29. The first kappa shape index (κ1) is 15.8. The van der Waals surface area contributed by atoms with E-state index in [1.54, 1.807) is 11.1 Å². The number of allylic oxidation sites excluding steroid dienone is 6. The third-order valence-corrected chi connectivity index (χ3v) is 4.74. The van der Waals surface area contributed by atoms with Crippen LogP contribution in [0.15, 0.2) is 41.5 Å². The molecule has 0 atom stereocenters. The Labute approximate surface area is 130 Å². The van der Waals surface area contributed by atoms with Gasteiger partial charge in [-0.25, -0.2) is 0 Å². The van der Waals surface area contributed by atoms with Crippen molar-refractivity contribution >= 4 is 5.57 Å². The summed E-state index contributed by atoms with van der Waals surface area (Å²) in [5.41, 5.74) is 10.1. The summed E-state index contributed by atoms with van der Waals surface area (Å²) in [6.45, 7) is 10.9. The van der Waals surface area contributed by atoms with Gasteiger partial charge in [-0.15, -0.1) is 0 Å². The molecule has 0 saturated heterocycles. The van der Waals surface area contributed by atoms with Gasteiger partial charge in [-0.1, -0.05) is 35.9 Å². The number of hydrogen-bond acceptors (Lipinski definition) is 0. The van der Waals surface area contributed by atoms with Crippen LogP contribution in [0.2, 0.25) is 0 Å². The van der Waals surface area contributed by atoms with E-state index in [-0.39, 0.29) is 0 Å². The molecule has 0 aliphatic heterocycles. The predicted octanol–water partition coefficient (Wildman–Crippen LogP) is 6.19. The van der Waals surface area contributed by atoms with Crippen molar-refractivity contribution in [2.75, 3.05) is 0 Å². The van der Waals surface area contributed by atoms with Crippen LogP contribution in [0.25, 0.3) is 5.57 Å². The van der Waals surface area contributed by atoms with Gasteiger partial charge in [0, 0.05) is 0 Å². The topological polar surface area (TPSA) is 0 Å². The Kier molecular flexibility index (Phi) is 5.22. The third-order valence-electron chi connectivity index (χ3n) is 4.74. The molecule has 0 amide bonds. The molecule has 112 valence electrons. The lowest BCUT2D eigenvalue weighted by atomic mass is 9.86. The van der Waals surface area contributed by atoms with Crippen LogP contribution >= 0.6 is 0 Å². The molecule has 0 nitrogen and oxygen atoms in total. The number of benzene rings is 1. The molecule has 0 N–H and O–H groups in total. The molecule has 0 spiro atoms. The van der Waals surface area contributed by atoms with Crippen molar-refractivity contribution in [1.82, 2.24) is 0 Å². The van der Waals surface area contributed by atoms with Gasteiger partial charge < -0.3 is 0 Å². The Hall–Kier alpha value is -1.56. The smallest absolute Gasteiger partial charge is 0.0192 e. The average molecular weight is 280 g/mol. The van der Waals surface area contributed by atoms with Crippen LogP contribution < -0.4 is 0 Å². The van der Waals surface area contributed by atoms with Gasteiger partial charge >= 0.3 is 0 Å². The summed E-state index contributed by atoms with van der Waals surface area (Å²) in [5, 5.41) is 0. The lowest BCUT2D eigenvalue weighted by Gasteiger charge is -2.19. The van der Waals surface area contributed by atoms with E-state index in [4.69, 9.17) is 0 Å². The van der Waals surface area contributed by atoms with E-state index in [1.165, 1.54) is 53.5 Å². The molecule has 1 aliphatic carbocycles. The SMILES string of the molecule is C/C=C(C)/C=C/C(C)=C(/C)c1cc2c(cc1C)CCCC2. The minimum atomic E-state index is 1.25. The Morgan fingerprint density at radius 1 is 0.952 bits per heavy atom. The van der Waals surface area contributed by atoms with Crippen LogP contribution in [0.5, 0.6) is 0 Å². The van der Waals surface area contributed by atoms with E-state index in [9.17, 15) is 0 Å². The molecule has 1 aromatic rings. The highest BCUT2D eigenvalue weighted by molar-refractivity contribution is 5.72. The average Bonchev–Trinajstić information content (AvgIpc) is 2.50. The van der Waals surface area contributed by atoms with Gasteiger partial charge in [-0.2, -0.15) is 0 Å². The van der Waals surface area contributed by atoms with Gasteiger partial charge in [0.25, 0.3) is 0 Å². The van der Waals surface area contributed by atoms with E-state index in [0.29, 0.717) is 0 Å². The van der Waals surface area contributed by atoms with Crippen LogP contribution in [-0.2, 0) is 12.8 Å². The zero-order chi connectivity index (χ0) is 15.4. The number of hydrogen-bond donors (Lipinski definition) is 0. The number of fused-ring (bicyclic) bond motifs is 1. The van der Waals surface area contributed by atoms with Crippen molar-refractivity contribution in [2.45, 2.75) is 60.3 Å². The van der Waals surface area contributed by atoms with Crippen molar-refractivity contribution in [3.8, 4) is 0 Å². The molecule has 21 heavy (non-hydrogen) atoms. The lowest BCUT2D eigenvalue weighted by Crippen LogP contribution is -2.04. The summed E-state index contributed by atoms with van der Waals surface area (Å²) in [7, 11) is 0. The van der Waals surface area contributed by atoms with Gasteiger partial charge in [0.15, 0.2) is 0 Å². The van der Waals surface area contributed by atoms with Gasteiger partial charge in [0.2, 0.25) is 0 Å². The predicted molar refractivity (Wildman–Crippen MR) is 94.7 cm³/mol. The quantitative estimate of drug-likeness (QED) is 0.579. The molecule has 0 aromatic heterocycles.